The molecule has 0 atom stereocenters. The average Bonchev–Trinajstić information content (AvgIpc) is 2.51. The number of carbonyl (C=O) groups is 2. The molecule has 0 aromatic heterocycles. The number of benzene rings is 1. The van der Waals surface area contributed by atoms with E-state index in [0.717, 1.165) is 6.42 Å². The molecule has 23 heavy (non-hydrogen) atoms. The molecule has 1 aromatic carbocycles. The van der Waals surface area contributed by atoms with E-state index in [2.05, 4.69) is 10.0 Å². The summed E-state index contributed by atoms with van der Waals surface area (Å²) in [6.45, 7) is 0.492. The molecule has 3 N–H and O–H groups in total. The molecule has 0 aliphatic rings. The number of rotatable bonds is 11. The highest BCUT2D eigenvalue weighted by molar-refractivity contribution is 7.89. The predicted molar refractivity (Wildman–Crippen MR) is 85.4 cm³/mol. The van der Waals surface area contributed by atoms with Gasteiger partial charge in [0, 0.05) is 25.9 Å². The van der Waals surface area contributed by atoms with Crippen LogP contribution in [0.25, 0.3) is 0 Å². The molecule has 0 radical (unpaired) electrons. The summed E-state index contributed by atoms with van der Waals surface area (Å²) in [5, 5.41) is 11.2. The molecule has 0 saturated carbocycles. The Morgan fingerprint density at radius 1 is 0.957 bits per heavy atom. The molecule has 0 aliphatic heterocycles. The lowest BCUT2D eigenvalue weighted by molar-refractivity contribution is -0.137. The largest absolute Gasteiger partial charge is 0.481 e. The SMILES string of the molecule is O=C(O)CCCCCNC(=O)CCNS(=O)(=O)c1ccccc1. The maximum absolute atomic E-state index is 11.9. The zero-order chi connectivity index (χ0) is 17.1. The highest BCUT2D eigenvalue weighted by Crippen LogP contribution is 2.06. The Morgan fingerprint density at radius 3 is 2.30 bits per heavy atom. The number of aliphatic carboxylic acids is 1. The molecule has 1 amide bonds. The molecule has 128 valence electrons. The predicted octanol–water partition coefficient (Wildman–Crippen LogP) is 1.12. The van der Waals surface area contributed by atoms with Crippen LogP contribution in [0.1, 0.15) is 32.1 Å². The molecular weight excluding hydrogens is 320 g/mol. The molecule has 1 aromatic rings. The Labute approximate surface area is 136 Å². The number of unbranched alkanes of at least 4 members (excludes halogenated alkanes) is 2. The third kappa shape index (κ3) is 8.32. The van der Waals surface area contributed by atoms with Crippen LogP contribution in [0.4, 0.5) is 0 Å². The molecule has 0 unspecified atom stereocenters. The Balaban J connectivity index is 2.16. The zero-order valence-corrected chi connectivity index (χ0v) is 13.6. The second-order valence-corrected chi connectivity index (χ2v) is 6.78. The highest BCUT2D eigenvalue weighted by Gasteiger charge is 2.13. The fourth-order valence-electron chi connectivity index (χ4n) is 1.88. The molecule has 0 saturated heterocycles. The summed E-state index contributed by atoms with van der Waals surface area (Å²) in [5.41, 5.74) is 0. The lowest BCUT2D eigenvalue weighted by Gasteiger charge is -2.07. The lowest BCUT2D eigenvalue weighted by Crippen LogP contribution is -2.31. The van der Waals surface area contributed by atoms with Crippen molar-refractivity contribution in [3.8, 4) is 0 Å². The van der Waals surface area contributed by atoms with Crippen molar-refractivity contribution in [2.24, 2.45) is 0 Å². The van der Waals surface area contributed by atoms with E-state index in [1.807, 2.05) is 0 Å². The number of carboxylic acids is 1. The van der Waals surface area contributed by atoms with Gasteiger partial charge in [0.1, 0.15) is 0 Å². The normalized spacial score (nSPS) is 11.1. The highest BCUT2D eigenvalue weighted by atomic mass is 32.2. The minimum absolute atomic E-state index is 0.0298. The molecule has 0 heterocycles. The standard InChI is InChI=1S/C15H22N2O5S/c18-14(16-11-6-2-5-9-15(19)20)10-12-17-23(21,22)13-7-3-1-4-8-13/h1,3-4,7-8,17H,2,5-6,9-12H2,(H,16,18)(H,19,20). The summed E-state index contributed by atoms with van der Waals surface area (Å²) in [4.78, 5) is 22.0. The van der Waals surface area contributed by atoms with E-state index >= 15 is 0 Å². The second kappa shape index (κ2) is 9.96. The van der Waals surface area contributed by atoms with E-state index in [9.17, 15) is 18.0 Å². The van der Waals surface area contributed by atoms with Gasteiger partial charge in [0.2, 0.25) is 15.9 Å². The van der Waals surface area contributed by atoms with Crippen molar-refractivity contribution in [3.05, 3.63) is 30.3 Å². The van der Waals surface area contributed by atoms with Crippen LogP contribution >= 0.6 is 0 Å². The second-order valence-electron chi connectivity index (χ2n) is 5.02. The Morgan fingerprint density at radius 2 is 1.65 bits per heavy atom. The van der Waals surface area contributed by atoms with Crippen LogP contribution in [-0.2, 0) is 19.6 Å². The van der Waals surface area contributed by atoms with Crippen molar-refractivity contribution in [1.29, 1.82) is 0 Å². The van der Waals surface area contributed by atoms with Crippen molar-refractivity contribution >= 4 is 21.9 Å². The van der Waals surface area contributed by atoms with Gasteiger partial charge in [0.05, 0.1) is 4.90 Å². The smallest absolute Gasteiger partial charge is 0.303 e. The van der Waals surface area contributed by atoms with Crippen molar-refractivity contribution in [1.82, 2.24) is 10.0 Å². The van der Waals surface area contributed by atoms with Crippen molar-refractivity contribution in [3.63, 3.8) is 0 Å². The van der Waals surface area contributed by atoms with Gasteiger partial charge in [-0.05, 0) is 25.0 Å². The lowest BCUT2D eigenvalue weighted by atomic mass is 10.2. The fourth-order valence-corrected chi connectivity index (χ4v) is 2.93. The monoisotopic (exact) mass is 342 g/mol. The molecule has 0 bridgehead atoms. The Bertz CT molecular complexity index is 602. The number of carboxylic acid groups (broad SMARTS) is 1. The van der Waals surface area contributed by atoms with Gasteiger partial charge in [-0.15, -0.1) is 0 Å². The van der Waals surface area contributed by atoms with Crippen LogP contribution in [0, 0.1) is 0 Å². The number of amides is 1. The molecule has 7 nitrogen and oxygen atoms in total. The zero-order valence-electron chi connectivity index (χ0n) is 12.8. The quantitative estimate of drug-likeness (QED) is 0.522. The first-order valence-electron chi connectivity index (χ1n) is 7.45. The minimum Gasteiger partial charge on any atom is -0.481 e. The summed E-state index contributed by atoms with van der Waals surface area (Å²) in [6, 6.07) is 7.96. The van der Waals surface area contributed by atoms with Crippen molar-refractivity contribution in [2.75, 3.05) is 13.1 Å². The minimum atomic E-state index is -3.58. The number of hydrogen-bond donors (Lipinski definition) is 3. The van der Waals surface area contributed by atoms with Crippen molar-refractivity contribution in [2.45, 2.75) is 37.0 Å². The van der Waals surface area contributed by atoms with Crippen LogP contribution in [0.3, 0.4) is 0 Å². The third-order valence-electron chi connectivity index (χ3n) is 3.09. The maximum atomic E-state index is 11.9. The molecule has 0 spiro atoms. The summed E-state index contributed by atoms with van der Waals surface area (Å²) in [5.74, 6) is -1.06. The molecule has 0 fully saturated rings. The van der Waals surface area contributed by atoms with Gasteiger partial charge in [0.15, 0.2) is 0 Å². The van der Waals surface area contributed by atoms with E-state index in [-0.39, 0.29) is 30.2 Å². The summed E-state index contributed by atoms with van der Waals surface area (Å²) in [7, 11) is -3.58. The number of sulfonamides is 1. The van der Waals surface area contributed by atoms with Gasteiger partial charge in [0.25, 0.3) is 0 Å². The molecule has 0 aliphatic carbocycles. The van der Waals surface area contributed by atoms with E-state index in [4.69, 9.17) is 5.11 Å². The first kappa shape index (κ1) is 19.1. The van der Waals surface area contributed by atoms with E-state index in [1.165, 1.54) is 12.1 Å². The summed E-state index contributed by atoms with van der Waals surface area (Å²) in [6.07, 6.45) is 2.21. The Kier molecular flexibility index (Phi) is 8.28. The molecule has 8 heteroatoms. The first-order valence-corrected chi connectivity index (χ1v) is 8.93. The average molecular weight is 342 g/mol. The fraction of sp³-hybridized carbons (Fsp3) is 0.467. The summed E-state index contributed by atoms with van der Waals surface area (Å²) >= 11 is 0. The van der Waals surface area contributed by atoms with Crippen LogP contribution in [-0.4, -0.2) is 38.5 Å². The van der Waals surface area contributed by atoms with Crippen molar-refractivity contribution < 1.29 is 23.1 Å². The van der Waals surface area contributed by atoms with Gasteiger partial charge < -0.3 is 10.4 Å². The molecule has 1 rings (SSSR count). The third-order valence-corrected chi connectivity index (χ3v) is 4.56. The first-order chi connectivity index (χ1) is 10.9. The van der Waals surface area contributed by atoms with Crippen LogP contribution in [0.5, 0.6) is 0 Å². The van der Waals surface area contributed by atoms with Gasteiger partial charge in [-0.3, -0.25) is 9.59 Å². The van der Waals surface area contributed by atoms with Gasteiger partial charge in [-0.1, -0.05) is 24.6 Å². The van der Waals surface area contributed by atoms with Gasteiger partial charge in [-0.2, -0.15) is 0 Å². The van der Waals surface area contributed by atoms with Gasteiger partial charge >= 0.3 is 5.97 Å². The van der Waals surface area contributed by atoms with Gasteiger partial charge in [-0.25, -0.2) is 13.1 Å². The topological polar surface area (TPSA) is 113 Å². The number of nitrogens with one attached hydrogen (secondary N) is 2. The van der Waals surface area contributed by atoms with Crippen LogP contribution in [0.15, 0.2) is 35.2 Å². The van der Waals surface area contributed by atoms with Crippen LogP contribution < -0.4 is 10.0 Å². The number of carbonyl (C=O) groups excluding carboxylic acids is 1. The Hall–Kier alpha value is -1.93. The summed E-state index contributed by atoms with van der Waals surface area (Å²) < 4.78 is 26.2. The number of hydrogen-bond acceptors (Lipinski definition) is 4. The van der Waals surface area contributed by atoms with E-state index in [1.54, 1.807) is 18.2 Å². The van der Waals surface area contributed by atoms with E-state index in [0.29, 0.717) is 19.4 Å². The maximum Gasteiger partial charge on any atom is 0.303 e. The molecular formula is C15H22N2O5S. The van der Waals surface area contributed by atoms with E-state index < -0.39 is 16.0 Å². The van der Waals surface area contributed by atoms with Crippen LogP contribution in [0.2, 0.25) is 0 Å².